The van der Waals surface area contributed by atoms with E-state index in [1.54, 1.807) is 21.3 Å². The predicted octanol–water partition coefficient (Wildman–Crippen LogP) is 1.63. The quantitative estimate of drug-likeness (QED) is 0.577. The molecule has 1 fully saturated rings. The van der Waals surface area contributed by atoms with E-state index in [4.69, 9.17) is 18.9 Å². The lowest BCUT2D eigenvalue weighted by atomic mass is 10.0. The molecule has 1 unspecified atom stereocenters. The molecule has 0 aromatic heterocycles. The first kappa shape index (κ1) is 21.8. The molecule has 1 aliphatic rings. The second-order valence-corrected chi connectivity index (χ2v) is 7.24. The van der Waals surface area contributed by atoms with E-state index < -0.39 is 0 Å². The molecular weight excluding hydrogens is 384 g/mol. The smallest absolute Gasteiger partial charge is 0.275 e. The minimum absolute atomic E-state index is 0.0161. The van der Waals surface area contributed by atoms with E-state index in [-0.39, 0.29) is 11.9 Å². The maximum atomic E-state index is 12.5. The summed E-state index contributed by atoms with van der Waals surface area (Å²) in [4.78, 5) is 13.8. The summed E-state index contributed by atoms with van der Waals surface area (Å²) in [6, 6.07) is 13.5. The average Bonchev–Trinajstić information content (AvgIpc) is 3.24. The number of quaternary nitrogens is 1. The predicted molar refractivity (Wildman–Crippen MR) is 114 cm³/mol. The van der Waals surface area contributed by atoms with Crippen LogP contribution in [0.5, 0.6) is 23.0 Å². The molecule has 0 saturated carbocycles. The normalized spacial score (nSPS) is 18.0. The van der Waals surface area contributed by atoms with Gasteiger partial charge in [-0.05, 0) is 30.3 Å². The summed E-state index contributed by atoms with van der Waals surface area (Å²) in [5, 5.41) is 2.96. The summed E-state index contributed by atoms with van der Waals surface area (Å²) < 4.78 is 21.9. The van der Waals surface area contributed by atoms with Crippen LogP contribution in [-0.4, -0.2) is 53.5 Å². The zero-order chi connectivity index (χ0) is 21.3. The largest absolute Gasteiger partial charge is 0.497 e. The highest BCUT2D eigenvalue weighted by Crippen LogP contribution is 2.31. The SMILES string of the molecule is COc1ccc(OC)c([C@H]2CCC[NH+]2CC(=O)NCCOc2ccccc2OC)c1. The van der Waals surface area contributed by atoms with Gasteiger partial charge in [0.1, 0.15) is 24.1 Å². The van der Waals surface area contributed by atoms with Crippen molar-refractivity contribution in [3.05, 3.63) is 48.0 Å². The van der Waals surface area contributed by atoms with Gasteiger partial charge in [-0.3, -0.25) is 4.79 Å². The summed E-state index contributed by atoms with van der Waals surface area (Å²) in [5.74, 6) is 3.01. The van der Waals surface area contributed by atoms with E-state index in [0.717, 1.165) is 36.4 Å². The first-order valence-electron chi connectivity index (χ1n) is 10.2. The van der Waals surface area contributed by atoms with Crippen LogP contribution in [0.15, 0.2) is 42.5 Å². The maximum absolute atomic E-state index is 12.5. The van der Waals surface area contributed by atoms with Gasteiger partial charge in [0.2, 0.25) is 0 Å². The molecular formula is C23H31N2O5+. The standard InChI is InChI=1S/C23H30N2O5/c1-27-17-10-11-20(28-2)18(15-17)19-7-6-13-25(19)16-23(26)24-12-14-30-22-9-5-4-8-21(22)29-3/h4-5,8-11,15,19H,6-7,12-14,16H2,1-3H3,(H,24,26)/p+1/t19-/m1/s1. The van der Waals surface area contributed by atoms with Crippen molar-refractivity contribution >= 4 is 5.91 Å². The fraction of sp³-hybridized carbons (Fsp3) is 0.435. The van der Waals surface area contributed by atoms with Crippen molar-refractivity contribution in [2.24, 2.45) is 0 Å². The van der Waals surface area contributed by atoms with Crippen LogP contribution < -0.4 is 29.2 Å². The van der Waals surface area contributed by atoms with Gasteiger partial charge < -0.3 is 29.2 Å². The number of methoxy groups -OCH3 is 3. The van der Waals surface area contributed by atoms with Crippen LogP contribution in [0, 0.1) is 0 Å². The Balaban J connectivity index is 1.52. The number of hydrogen-bond acceptors (Lipinski definition) is 5. The Morgan fingerprint density at radius 2 is 1.80 bits per heavy atom. The van der Waals surface area contributed by atoms with Crippen LogP contribution in [0.2, 0.25) is 0 Å². The highest BCUT2D eigenvalue weighted by atomic mass is 16.5. The molecule has 162 valence electrons. The van der Waals surface area contributed by atoms with Crippen molar-refractivity contribution in [1.29, 1.82) is 0 Å². The lowest BCUT2D eigenvalue weighted by Crippen LogP contribution is -3.11. The van der Waals surface area contributed by atoms with Crippen molar-refractivity contribution in [3.63, 3.8) is 0 Å². The van der Waals surface area contributed by atoms with E-state index in [9.17, 15) is 4.79 Å². The third kappa shape index (κ3) is 5.36. The zero-order valence-corrected chi connectivity index (χ0v) is 17.9. The monoisotopic (exact) mass is 415 g/mol. The van der Waals surface area contributed by atoms with Crippen LogP contribution >= 0.6 is 0 Å². The molecule has 30 heavy (non-hydrogen) atoms. The van der Waals surface area contributed by atoms with Crippen molar-refractivity contribution in [2.75, 3.05) is 47.6 Å². The van der Waals surface area contributed by atoms with E-state index in [0.29, 0.717) is 31.2 Å². The number of nitrogens with one attached hydrogen (secondary N) is 2. The summed E-state index contributed by atoms with van der Waals surface area (Å²) in [6.07, 6.45) is 2.09. The van der Waals surface area contributed by atoms with Crippen LogP contribution in [0.4, 0.5) is 0 Å². The molecule has 7 heteroatoms. The molecule has 2 N–H and O–H groups in total. The minimum atomic E-state index is 0.0161. The van der Waals surface area contributed by atoms with Crippen LogP contribution in [0.3, 0.4) is 0 Å². The van der Waals surface area contributed by atoms with Crippen molar-refractivity contribution in [1.82, 2.24) is 5.32 Å². The van der Waals surface area contributed by atoms with Gasteiger partial charge in [-0.25, -0.2) is 0 Å². The van der Waals surface area contributed by atoms with Crippen molar-refractivity contribution in [2.45, 2.75) is 18.9 Å². The number of hydrogen-bond donors (Lipinski definition) is 2. The molecule has 0 radical (unpaired) electrons. The molecule has 7 nitrogen and oxygen atoms in total. The number of carbonyl (C=O) groups is 1. The Morgan fingerprint density at radius 3 is 2.53 bits per heavy atom. The van der Waals surface area contributed by atoms with Crippen LogP contribution in [-0.2, 0) is 4.79 Å². The molecule has 0 spiro atoms. The first-order valence-corrected chi connectivity index (χ1v) is 10.2. The van der Waals surface area contributed by atoms with E-state index >= 15 is 0 Å². The molecule has 1 amide bonds. The van der Waals surface area contributed by atoms with E-state index in [1.807, 2.05) is 42.5 Å². The number of likely N-dealkylation sites (tertiary alicyclic amines) is 1. The Hall–Kier alpha value is -2.93. The molecule has 1 heterocycles. The minimum Gasteiger partial charge on any atom is -0.497 e. The molecule has 2 aromatic rings. The Kier molecular flexibility index (Phi) is 7.79. The van der Waals surface area contributed by atoms with Gasteiger partial charge in [0.05, 0.1) is 40.0 Å². The number of benzene rings is 2. The van der Waals surface area contributed by atoms with Gasteiger partial charge in [0.25, 0.3) is 5.91 Å². The molecule has 0 aliphatic carbocycles. The van der Waals surface area contributed by atoms with Gasteiger partial charge in [-0.1, -0.05) is 12.1 Å². The van der Waals surface area contributed by atoms with Gasteiger partial charge in [-0.2, -0.15) is 0 Å². The number of carbonyl (C=O) groups excluding carboxylic acids is 1. The maximum Gasteiger partial charge on any atom is 0.275 e. The number of para-hydroxylation sites is 2. The summed E-state index contributed by atoms with van der Waals surface area (Å²) in [7, 11) is 4.94. The molecule has 1 aliphatic heterocycles. The Morgan fingerprint density at radius 1 is 1.03 bits per heavy atom. The summed E-state index contributed by atoms with van der Waals surface area (Å²) in [6.45, 7) is 2.20. The molecule has 1 saturated heterocycles. The second-order valence-electron chi connectivity index (χ2n) is 7.24. The fourth-order valence-electron chi connectivity index (χ4n) is 3.97. The first-order chi connectivity index (χ1) is 14.7. The highest BCUT2D eigenvalue weighted by molar-refractivity contribution is 5.76. The molecule has 2 aromatic carbocycles. The van der Waals surface area contributed by atoms with Gasteiger partial charge in [0, 0.05) is 12.8 Å². The molecule has 0 bridgehead atoms. The van der Waals surface area contributed by atoms with Gasteiger partial charge >= 0.3 is 0 Å². The Labute approximate surface area is 177 Å². The average molecular weight is 416 g/mol. The number of amides is 1. The number of ether oxygens (including phenoxy) is 4. The fourth-order valence-corrected chi connectivity index (χ4v) is 3.97. The third-order valence-corrected chi connectivity index (χ3v) is 5.43. The van der Waals surface area contributed by atoms with Gasteiger partial charge in [0.15, 0.2) is 18.0 Å². The van der Waals surface area contributed by atoms with E-state index in [2.05, 4.69) is 5.32 Å². The second kappa shape index (κ2) is 10.7. The van der Waals surface area contributed by atoms with Crippen LogP contribution in [0.25, 0.3) is 0 Å². The lowest BCUT2D eigenvalue weighted by Gasteiger charge is -2.23. The van der Waals surface area contributed by atoms with Crippen molar-refractivity contribution in [3.8, 4) is 23.0 Å². The van der Waals surface area contributed by atoms with E-state index in [1.165, 1.54) is 4.90 Å². The van der Waals surface area contributed by atoms with Gasteiger partial charge in [-0.15, -0.1) is 0 Å². The highest BCUT2D eigenvalue weighted by Gasteiger charge is 2.33. The van der Waals surface area contributed by atoms with Crippen molar-refractivity contribution < 1.29 is 28.6 Å². The molecule has 3 rings (SSSR count). The topological polar surface area (TPSA) is 70.5 Å². The summed E-state index contributed by atoms with van der Waals surface area (Å²) in [5.41, 5.74) is 1.09. The van der Waals surface area contributed by atoms with Crippen LogP contribution in [0.1, 0.15) is 24.4 Å². The third-order valence-electron chi connectivity index (χ3n) is 5.43. The molecule has 2 atom stereocenters. The zero-order valence-electron chi connectivity index (χ0n) is 17.9. The number of rotatable bonds is 10. The lowest BCUT2D eigenvalue weighted by molar-refractivity contribution is -0.910. The summed E-state index contributed by atoms with van der Waals surface area (Å²) >= 11 is 0. The Bertz CT molecular complexity index is 842.